The molecule has 21 heavy (non-hydrogen) atoms. The van der Waals surface area contributed by atoms with Gasteiger partial charge >= 0.3 is 5.97 Å². The summed E-state index contributed by atoms with van der Waals surface area (Å²) in [5, 5.41) is 0.612. The number of para-hydroxylation sites is 1. The number of hydrogen-bond donors (Lipinski definition) is 0. The molecular formula is C15H17N3O2S. The van der Waals surface area contributed by atoms with Gasteiger partial charge in [0, 0.05) is 18.9 Å². The Balaban J connectivity index is 2.46. The third-order valence-electron chi connectivity index (χ3n) is 2.89. The van der Waals surface area contributed by atoms with Gasteiger partial charge in [-0.3, -0.25) is 0 Å². The molecular weight excluding hydrogens is 286 g/mol. The quantitative estimate of drug-likeness (QED) is 0.480. The fourth-order valence-corrected chi connectivity index (χ4v) is 2.17. The maximum atomic E-state index is 12.1. The molecule has 0 spiro atoms. The van der Waals surface area contributed by atoms with Crippen LogP contribution >= 0.6 is 11.8 Å². The Hall–Kier alpha value is -2.08. The number of nitrogens with zero attached hydrogens (tertiary/aromatic N) is 3. The predicted molar refractivity (Wildman–Crippen MR) is 84.3 cm³/mol. The molecule has 0 N–H and O–H groups in total. The largest absolute Gasteiger partial charge is 0.462 e. The standard InChI is InChI=1S/C15H17N3O2S/c1-4-20-14(19)12-10-16-15(21-3)17-13(12)18(2)11-8-6-5-7-9-11/h5-10H,4H2,1-3H3. The second-order valence-corrected chi connectivity index (χ2v) is 4.98. The van der Waals surface area contributed by atoms with Crippen molar-refractivity contribution in [3.8, 4) is 0 Å². The molecule has 2 rings (SSSR count). The van der Waals surface area contributed by atoms with Crippen LogP contribution in [-0.2, 0) is 4.74 Å². The summed E-state index contributed by atoms with van der Waals surface area (Å²) < 4.78 is 5.08. The molecule has 0 aliphatic heterocycles. The van der Waals surface area contributed by atoms with Crippen molar-refractivity contribution in [1.82, 2.24) is 9.97 Å². The van der Waals surface area contributed by atoms with Crippen LogP contribution in [0.2, 0.25) is 0 Å². The monoisotopic (exact) mass is 303 g/mol. The van der Waals surface area contributed by atoms with Crippen molar-refractivity contribution < 1.29 is 9.53 Å². The Morgan fingerprint density at radius 3 is 2.67 bits per heavy atom. The number of esters is 1. The van der Waals surface area contributed by atoms with Crippen molar-refractivity contribution in [1.29, 1.82) is 0 Å². The van der Waals surface area contributed by atoms with Gasteiger partial charge < -0.3 is 9.64 Å². The zero-order valence-electron chi connectivity index (χ0n) is 12.2. The molecule has 0 radical (unpaired) electrons. The summed E-state index contributed by atoms with van der Waals surface area (Å²) in [5.41, 5.74) is 1.30. The zero-order valence-corrected chi connectivity index (χ0v) is 13.1. The number of carbonyl (C=O) groups is 1. The number of carbonyl (C=O) groups excluding carboxylic acids is 1. The van der Waals surface area contributed by atoms with Gasteiger partial charge in [0.15, 0.2) is 11.0 Å². The van der Waals surface area contributed by atoms with Crippen molar-refractivity contribution in [2.24, 2.45) is 0 Å². The van der Waals surface area contributed by atoms with Crippen LogP contribution in [0.4, 0.5) is 11.5 Å². The Morgan fingerprint density at radius 1 is 1.33 bits per heavy atom. The zero-order chi connectivity index (χ0) is 15.2. The first-order valence-corrected chi connectivity index (χ1v) is 7.76. The summed E-state index contributed by atoms with van der Waals surface area (Å²) >= 11 is 1.43. The van der Waals surface area contributed by atoms with E-state index in [1.807, 2.05) is 48.5 Å². The van der Waals surface area contributed by atoms with E-state index in [-0.39, 0.29) is 0 Å². The fourth-order valence-electron chi connectivity index (χ4n) is 1.84. The van der Waals surface area contributed by atoms with Crippen LogP contribution in [0.25, 0.3) is 0 Å². The molecule has 2 aromatic rings. The topological polar surface area (TPSA) is 55.3 Å². The fraction of sp³-hybridized carbons (Fsp3) is 0.267. The normalized spacial score (nSPS) is 10.2. The maximum Gasteiger partial charge on any atom is 0.343 e. The highest BCUT2D eigenvalue weighted by atomic mass is 32.2. The number of rotatable bonds is 5. The lowest BCUT2D eigenvalue weighted by Gasteiger charge is -2.20. The molecule has 0 saturated carbocycles. The first-order valence-electron chi connectivity index (χ1n) is 6.54. The first-order chi connectivity index (χ1) is 10.2. The van der Waals surface area contributed by atoms with E-state index in [0.29, 0.717) is 23.1 Å². The van der Waals surface area contributed by atoms with Gasteiger partial charge in [-0.05, 0) is 25.3 Å². The average molecular weight is 303 g/mol. The maximum absolute atomic E-state index is 12.1. The summed E-state index contributed by atoms with van der Waals surface area (Å²) in [6.07, 6.45) is 3.41. The van der Waals surface area contributed by atoms with Crippen molar-refractivity contribution >= 4 is 29.2 Å². The van der Waals surface area contributed by atoms with E-state index in [2.05, 4.69) is 9.97 Å². The highest BCUT2D eigenvalue weighted by Gasteiger charge is 2.19. The number of benzene rings is 1. The van der Waals surface area contributed by atoms with Crippen molar-refractivity contribution in [2.45, 2.75) is 12.1 Å². The second kappa shape index (κ2) is 7.08. The van der Waals surface area contributed by atoms with Gasteiger partial charge in [0.25, 0.3) is 0 Å². The molecule has 1 aromatic carbocycles. The Morgan fingerprint density at radius 2 is 2.05 bits per heavy atom. The van der Waals surface area contributed by atoms with Crippen LogP contribution in [0, 0.1) is 0 Å². The minimum Gasteiger partial charge on any atom is -0.462 e. The van der Waals surface area contributed by atoms with Gasteiger partial charge in [0.1, 0.15) is 5.56 Å². The SMILES string of the molecule is CCOC(=O)c1cnc(SC)nc1N(C)c1ccccc1. The molecule has 5 nitrogen and oxygen atoms in total. The first kappa shape index (κ1) is 15.3. The van der Waals surface area contributed by atoms with E-state index in [4.69, 9.17) is 4.74 Å². The van der Waals surface area contributed by atoms with Crippen LogP contribution in [-0.4, -0.2) is 35.8 Å². The molecule has 0 amide bonds. The molecule has 110 valence electrons. The minimum atomic E-state index is -0.414. The molecule has 6 heteroatoms. The molecule has 1 heterocycles. The molecule has 0 unspecified atom stereocenters. The second-order valence-electron chi connectivity index (χ2n) is 4.21. The summed E-state index contributed by atoms with van der Waals surface area (Å²) in [7, 11) is 1.87. The third kappa shape index (κ3) is 3.52. The Kier molecular flexibility index (Phi) is 5.16. The highest BCUT2D eigenvalue weighted by Crippen LogP contribution is 2.26. The highest BCUT2D eigenvalue weighted by molar-refractivity contribution is 7.98. The predicted octanol–water partition coefficient (Wildman–Crippen LogP) is 3.14. The van der Waals surface area contributed by atoms with E-state index in [9.17, 15) is 4.79 Å². The number of ether oxygens (including phenoxy) is 1. The summed E-state index contributed by atoms with van der Waals surface area (Å²) in [4.78, 5) is 22.5. The summed E-state index contributed by atoms with van der Waals surface area (Å²) in [6, 6.07) is 9.72. The number of aromatic nitrogens is 2. The molecule has 1 aromatic heterocycles. The average Bonchev–Trinajstić information content (AvgIpc) is 2.54. The molecule has 0 fully saturated rings. The van der Waals surface area contributed by atoms with Crippen LogP contribution < -0.4 is 4.90 Å². The van der Waals surface area contributed by atoms with E-state index in [0.717, 1.165) is 5.69 Å². The lowest BCUT2D eigenvalue weighted by atomic mass is 10.2. The van der Waals surface area contributed by atoms with E-state index in [1.165, 1.54) is 18.0 Å². The molecule has 0 atom stereocenters. The minimum absolute atomic E-state index is 0.317. The van der Waals surface area contributed by atoms with Gasteiger partial charge in [-0.1, -0.05) is 30.0 Å². The van der Waals surface area contributed by atoms with Crippen LogP contribution in [0.15, 0.2) is 41.7 Å². The van der Waals surface area contributed by atoms with Crippen molar-refractivity contribution in [3.05, 3.63) is 42.1 Å². The lowest BCUT2D eigenvalue weighted by Crippen LogP contribution is -2.18. The van der Waals surface area contributed by atoms with Crippen molar-refractivity contribution in [2.75, 3.05) is 24.8 Å². The smallest absolute Gasteiger partial charge is 0.343 e. The van der Waals surface area contributed by atoms with Gasteiger partial charge in [0.05, 0.1) is 6.61 Å². The van der Waals surface area contributed by atoms with Crippen molar-refractivity contribution in [3.63, 3.8) is 0 Å². The number of hydrogen-bond acceptors (Lipinski definition) is 6. The van der Waals surface area contributed by atoms with Crippen LogP contribution in [0.1, 0.15) is 17.3 Å². The Labute approximate surface area is 128 Å². The van der Waals surface area contributed by atoms with Crippen LogP contribution in [0.5, 0.6) is 0 Å². The molecule has 0 aliphatic rings. The lowest BCUT2D eigenvalue weighted by molar-refractivity contribution is 0.0526. The van der Waals surface area contributed by atoms with Crippen LogP contribution in [0.3, 0.4) is 0 Å². The van der Waals surface area contributed by atoms with E-state index < -0.39 is 5.97 Å². The van der Waals surface area contributed by atoms with Gasteiger partial charge in [-0.25, -0.2) is 14.8 Å². The molecule has 0 saturated heterocycles. The molecule has 0 bridgehead atoms. The number of anilines is 2. The Bertz CT molecular complexity index is 620. The van der Waals surface area contributed by atoms with E-state index in [1.54, 1.807) is 6.92 Å². The van der Waals surface area contributed by atoms with E-state index >= 15 is 0 Å². The third-order valence-corrected chi connectivity index (χ3v) is 3.45. The van der Waals surface area contributed by atoms with Gasteiger partial charge in [-0.2, -0.15) is 0 Å². The summed E-state index contributed by atoms with van der Waals surface area (Å²) in [5.74, 6) is 0.127. The summed E-state index contributed by atoms with van der Waals surface area (Å²) in [6.45, 7) is 2.09. The van der Waals surface area contributed by atoms with Gasteiger partial charge in [-0.15, -0.1) is 0 Å². The molecule has 0 aliphatic carbocycles. The van der Waals surface area contributed by atoms with Gasteiger partial charge in [0.2, 0.25) is 0 Å². The number of thioether (sulfide) groups is 1.